The second kappa shape index (κ2) is 4.89. The number of alkyl halides is 2. The molecule has 0 heterocycles. The Morgan fingerprint density at radius 3 is 2.67 bits per heavy atom. The fourth-order valence-electron chi connectivity index (χ4n) is 0.257. The standard InChI is InChI=1S/C5H8Cl2O2/c1-2-4(7)9-5(8)3-6/h4H,2-3H2,1H3. The predicted octanol–water partition coefficient (Wildman–Crippen LogP) is 1.74. The average Bonchev–Trinajstić information content (AvgIpc) is 1.87. The van der Waals surface area contributed by atoms with Crippen LogP contribution >= 0.6 is 23.2 Å². The highest BCUT2D eigenvalue weighted by atomic mass is 35.5. The number of halogens is 2. The van der Waals surface area contributed by atoms with E-state index in [1.54, 1.807) is 0 Å². The molecule has 0 rings (SSSR count). The summed E-state index contributed by atoms with van der Waals surface area (Å²) in [6.07, 6.45) is 0.601. The Morgan fingerprint density at radius 2 is 2.33 bits per heavy atom. The fraction of sp³-hybridized carbons (Fsp3) is 0.800. The topological polar surface area (TPSA) is 26.3 Å². The largest absolute Gasteiger partial charge is 0.445 e. The van der Waals surface area contributed by atoms with Gasteiger partial charge < -0.3 is 4.74 Å². The van der Waals surface area contributed by atoms with Crippen molar-refractivity contribution in [1.29, 1.82) is 0 Å². The van der Waals surface area contributed by atoms with Crippen molar-refractivity contribution in [3.8, 4) is 0 Å². The normalized spacial score (nSPS) is 12.8. The third kappa shape index (κ3) is 4.55. The van der Waals surface area contributed by atoms with Crippen LogP contribution in [0.25, 0.3) is 0 Å². The maximum Gasteiger partial charge on any atom is 0.322 e. The van der Waals surface area contributed by atoms with Gasteiger partial charge in [-0.15, -0.1) is 11.6 Å². The van der Waals surface area contributed by atoms with Crippen LogP contribution in [-0.2, 0) is 9.53 Å². The first-order valence-electron chi connectivity index (χ1n) is 2.60. The minimum atomic E-state index is -0.531. The van der Waals surface area contributed by atoms with Crippen molar-refractivity contribution in [2.45, 2.75) is 18.9 Å². The van der Waals surface area contributed by atoms with Crippen LogP contribution in [0.5, 0.6) is 0 Å². The Morgan fingerprint density at radius 1 is 1.78 bits per heavy atom. The second-order valence-corrected chi connectivity index (χ2v) is 2.20. The molecule has 0 saturated heterocycles. The van der Waals surface area contributed by atoms with Crippen molar-refractivity contribution < 1.29 is 9.53 Å². The van der Waals surface area contributed by atoms with Gasteiger partial charge >= 0.3 is 5.97 Å². The Balaban J connectivity index is 3.34. The van der Waals surface area contributed by atoms with E-state index < -0.39 is 11.5 Å². The lowest BCUT2D eigenvalue weighted by Crippen LogP contribution is -2.12. The van der Waals surface area contributed by atoms with Gasteiger partial charge in [0.1, 0.15) is 5.88 Å². The quantitative estimate of drug-likeness (QED) is 0.477. The number of carbonyl (C=O) groups excluding carboxylic acids is 1. The number of hydrogen-bond donors (Lipinski definition) is 0. The molecule has 0 aliphatic carbocycles. The van der Waals surface area contributed by atoms with Crippen molar-refractivity contribution in [3.05, 3.63) is 0 Å². The van der Waals surface area contributed by atoms with E-state index in [4.69, 9.17) is 23.2 Å². The third-order valence-electron chi connectivity index (χ3n) is 0.689. The van der Waals surface area contributed by atoms with Crippen LogP contribution in [0, 0.1) is 0 Å². The van der Waals surface area contributed by atoms with Crippen molar-refractivity contribution in [3.63, 3.8) is 0 Å². The zero-order valence-electron chi connectivity index (χ0n) is 5.06. The van der Waals surface area contributed by atoms with Crippen LogP contribution < -0.4 is 0 Å². The highest BCUT2D eigenvalue weighted by molar-refractivity contribution is 6.27. The predicted molar refractivity (Wildman–Crippen MR) is 36.7 cm³/mol. The Kier molecular flexibility index (Phi) is 4.91. The molecule has 54 valence electrons. The summed E-state index contributed by atoms with van der Waals surface area (Å²) in [7, 11) is 0. The number of ether oxygens (including phenoxy) is 1. The maximum absolute atomic E-state index is 10.3. The summed E-state index contributed by atoms with van der Waals surface area (Å²) in [6.45, 7) is 1.82. The number of carbonyl (C=O) groups is 1. The molecule has 0 radical (unpaired) electrons. The summed E-state index contributed by atoms with van der Waals surface area (Å²) >= 11 is 10.6. The van der Waals surface area contributed by atoms with Gasteiger partial charge in [0.05, 0.1) is 0 Å². The van der Waals surface area contributed by atoms with Crippen molar-refractivity contribution >= 4 is 29.2 Å². The molecule has 0 aromatic rings. The van der Waals surface area contributed by atoms with E-state index in [9.17, 15) is 4.79 Å². The summed E-state index contributed by atoms with van der Waals surface area (Å²) in [4.78, 5) is 10.3. The van der Waals surface area contributed by atoms with Crippen LogP contribution in [0.4, 0.5) is 0 Å². The number of rotatable bonds is 3. The SMILES string of the molecule is CCC(Cl)OC(=O)CCl. The van der Waals surface area contributed by atoms with E-state index in [1.165, 1.54) is 0 Å². The van der Waals surface area contributed by atoms with E-state index in [0.29, 0.717) is 6.42 Å². The summed E-state index contributed by atoms with van der Waals surface area (Å²) in [5.74, 6) is -0.609. The van der Waals surface area contributed by atoms with Gasteiger partial charge in [-0.3, -0.25) is 4.79 Å². The average molecular weight is 171 g/mol. The lowest BCUT2D eigenvalue weighted by atomic mass is 10.5. The Bertz CT molecular complexity index is 95.0. The van der Waals surface area contributed by atoms with Crippen LogP contribution in [0.1, 0.15) is 13.3 Å². The van der Waals surface area contributed by atoms with Gasteiger partial charge in [0, 0.05) is 0 Å². The van der Waals surface area contributed by atoms with Gasteiger partial charge in [-0.05, 0) is 6.42 Å². The van der Waals surface area contributed by atoms with Gasteiger partial charge in [0.15, 0.2) is 5.56 Å². The molecule has 4 heteroatoms. The van der Waals surface area contributed by atoms with Crippen molar-refractivity contribution in [2.24, 2.45) is 0 Å². The molecule has 0 aromatic carbocycles. The summed E-state index contributed by atoms with van der Waals surface area (Å²) < 4.78 is 4.54. The van der Waals surface area contributed by atoms with Gasteiger partial charge in [-0.25, -0.2) is 0 Å². The van der Waals surface area contributed by atoms with Crippen LogP contribution in [0.2, 0.25) is 0 Å². The molecule has 0 saturated carbocycles. The number of esters is 1. The maximum atomic E-state index is 10.3. The summed E-state index contributed by atoms with van der Waals surface area (Å²) in [5, 5.41) is 0. The number of hydrogen-bond acceptors (Lipinski definition) is 2. The molecule has 0 aliphatic heterocycles. The molecule has 0 bridgehead atoms. The third-order valence-corrected chi connectivity index (χ3v) is 1.31. The van der Waals surface area contributed by atoms with Crippen LogP contribution in [-0.4, -0.2) is 17.4 Å². The van der Waals surface area contributed by atoms with E-state index in [2.05, 4.69) is 4.74 Å². The molecular weight excluding hydrogens is 163 g/mol. The molecule has 1 unspecified atom stereocenters. The van der Waals surface area contributed by atoms with E-state index >= 15 is 0 Å². The minimum absolute atomic E-state index is 0.136. The highest BCUT2D eigenvalue weighted by Crippen LogP contribution is 2.03. The fourth-order valence-corrected chi connectivity index (χ4v) is 0.420. The van der Waals surface area contributed by atoms with Gasteiger partial charge in [-0.2, -0.15) is 0 Å². The lowest BCUT2D eigenvalue weighted by molar-refractivity contribution is -0.142. The Hall–Kier alpha value is 0.0500. The van der Waals surface area contributed by atoms with E-state index in [-0.39, 0.29) is 5.88 Å². The molecule has 9 heavy (non-hydrogen) atoms. The minimum Gasteiger partial charge on any atom is -0.445 e. The lowest BCUT2D eigenvalue weighted by Gasteiger charge is -2.05. The summed E-state index contributed by atoms with van der Waals surface area (Å²) in [6, 6.07) is 0. The zero-order valence-corrected chi connectivity index (χ0v) is 6.58. The molecule has 0 N–H and O–H groups in total. The first-order valence-corrected chi connectivity index (χ1v) is 3.57. The molecule has 0 aliphatic rings. The first kappa shape index (κ1) is 9.05. The van der Waals surface area contributed by atoms with Gasteiger partial charge in [0.2, 0.25) is 0 Å². The summed E-state index contributed by atoms with van der Waals surface area (Å²) in [5.41, 5.74) is -0.531. The zero-order chi connectivity index (χ0) is 7.28. The van der Waals surface area contributed by atoms with Crippen LogP contribution in [0.3, 0.4) is 0 Å². The van der Waals surface area contributed by atoms with Crippen molar-refractivity contribution in [1.82, 2.24) is 0 Å². The molecule has 0 fully saturated rings. The molecule has 1 atom stereocenters. The molecule has 0 amide bonds. The Labute approximate surface area is 64.1 Å². The van der Waals surface area contributed by atoms with E-state index in [0.717, 1.165) is 0 Å². The van der Waals surface area contributed by atoms with E-state index in [1.807, 2.05) is 6.92 Å². The highest BCUT2D eigenvalue weighted by Gasteiger charge is 2.06. The van der Waals surface area contributed by atoms with Crippen LogP contribution in [0.15, 0.2) is 0 Å². The monoisotopic (exact) mass is 170 g/mol. The smallest absolute Gasteiger partial charge is 0.322 e. The second-order valence-electron chi connectivity index (χ2n) is 1.44. The van der Waals surface area contributed by atoms with Gasteiger partial charge in [-0.1, -0.05) is 18.5 Å². The molecule has 0 aromatic heterocycles. The van der Waals surface area contributed by atoms with Crippen molar-refractivity contribution in [2.75, 3.05) is 5.88 Å². The molecule has 2 nitrogen and oxygen atoms in total. The van der Waals surface area contributed by atoms with Gasteiger partial charge in [0.25, 0.3) is 0 Å². The molecular formula is C5H8Cl2O2. The first-order chi connectivity index (χ1) is 4.20. The molecule has 0 spiro atoms.